The van der Waals surface area contributed by atoms with Crippen molar-refractivity contribution in [3.05, 3.63) is 12.2 Å². The van der Waals surface area contributed by atoms with Gasteiger partial charge in [0.25, 0.3) is 0 Å². The van der Waals surface area contributed by atoms with E-state index >= 15 is 0 Å². The summed E-state index contributed by atoms with van der Waals surface area (Å²) in [5.41, 5.74) is 5.60. The molecule has 84 valence electrons. The second-order valence-corrected chi connectivity index (χ2v) is 3.40. The molecule has 0 amide bonds. The van der Waals surface area contributed by atoms with Crippen LogP contribution in [0.25, 0.3) is 0 Å². The highest BCUT2D eigenvalue weighted by atomic mass is 16.5. The smallest absolute Gasteiger partial charge is 0.333 e. The molecule has 0 bridgehead atoms. The standard InChI is InChI=1S/C7H13NO2.C3H9N/c1-6(2)7(9)10-5-3-4-8;1-4(2)3/h1,3-5,8H2,2H3;1-3H3. The molecule has 0 aromatic carbocycles. The van der Waals surface area contributed by atoms with Crippen molar-refractivity contribution in [2.45, 2.75) is 13.3 Å². The van der Waals surface area contributed by atoms with Crippen LogP contribution >= 0.6 is 0 Å². The van der Waals surface area contributed by atoms with Gasteiger partial charge < -0.3 is 15.4 Å². The van der Waals surface area contributed by atoms with Gasteiger partial charge in [0.2, 0.25) is 0 Å². The zero-order chi connectivity index (χ0) is 11.6. The van der Waals surface area contributed by atoms with Crippen molar-refractivity contribution in [1.82, 2.24) is 4.90 Å². The number of carbonyl (C=O) groups is 1. The lowest BCUT2D eigenvalue weighted by molar-refractivity contribution is -0.138. The number of hydrogen-bond donors (Lipinski definition) is 1. The normalized spacial score (nSPS) is 9.00. The van der Waals surface area contributed by atoms with Crippen LogP contribution in [0.4, 0.5) is 0 Å². The molecule has 0 aromatic rings. The zero-order valence-electron chi connectivity index (χ0n) is 9.67. The van der Waals surface area contributed by atoms with Crippen LogP contribution in [0.5, 0.6) is 0 Å². The fraction of sp³-hybridized carbons (Fsp3) is 0.700. The van der Waals surface area contributed by atoms with Crippen LogP contribution in [0.1, 0.15) is 13.3 Å². The third-order valence-corrected chi connectivity index (χ3v) is 0.930. The molecule has 0 rings (SSSR count). The fourth-order valence-corrected chi connectivity index (χ4v) is 0.371. The molecule has 0 radical (unpaired) electrons. The number of ether oxygens (including phenoxy) is 1. The Hall–Kier alpha value is -0.870. The predicted molar refractivity (Wildman–Crippen MR) is 59.1 cm³/mol. The minimum atomic E-state index is -0.339. The summed E-state index contributed by atoms with van der Waals surface area (Å²) in [6.45, 7) is 5.98. The lowest BCUT2D eigenvalue weighted by atomic mass is 10.4. The summed E-state index contributed by atoms with van der Waals surface area (Å²) in [7, 11) is 6.00. The first-order valence-electron chi connectivity index (χ1n) is 4.55. The monoisotopic (exact) mass is 202 g/mol. The summed E-state index contributed by atoms with van der Waals surface area (Å²) in [4.78, 5) is 12.7. The molecule has 0 aliphatic carbocycles. The topological polar surface area (TPSA) is 55.6 Å². The first kappa shape index (κ1) is 15.6. The van der Waals surface area contributed by atoms with E-state index in [9.17, 15) is 4.79 Å². The molecule has 0 aliphatic heterocycles. The van der Waals surface area contributed by atoms with Gasteiger partial charge in [-0.3, -0.25) is 0 Å². The average molecular weight is 202 g/mol. The van der Waals surface area contributed by atoms with E-state index in [-0.39, 0.29) is 5.97 Å². The van der Waals surface area contributed by atoms with E-state index in [1.165, 1.54) is 0 Å². The minimum absolute atomic E-state index is 0.339. The summed E-state index contributed by atoms with van der Waals surface area (Å²) >= 11 is 0. The molecule has 4 nitrogen and oxygen atoms in total. The van der Waals surface area contributed by atoms with E-state index in [1.807, 2.05) is 26.0 Å². The van der Waals surface area contributed by atoms with Crippen LogP contribution in [0, 0.1) is 0 Å². The number of rotatable bonds is 4. The lowest BCUT2D eigenvalue weighted by Crippen LogP contribution is -2.09. The van der Waals surface area contributed by atoms with Crippen molar-refractivity contribution in [2.24, 2.45) is 5.73 Å². The molecule has 0 heterocycles. The van der Waals surface area contributed by atoms with Gasteiger partial charge in [-0.25, -0.2) is 4.79 Å². The van der Waals surface area contributed by atoms with Gasteiger partial charge in [-0.05, 0) is 41.0 Å². The third-order valence-electron chi connectivity index (χ3n) is 0.930. The second kappa shape index (κ2) is 10.2. The van der Waals surface area contributed by atoms with Crippen molar-refractivity contribution >= 4 is 5.97 Å². The summed E-state index contributed by atoms with van der Waals surface area (Å²) < 4.78 is 4.73. The van der Waals surface area contributed by atoms with Gasteiger partial charge in [0.05, 0.1) is 6.61 Å². The second-order valence-electron chi connectivity index (χ2n) is 3.40. The van der Waals surface area contributed by atoms with Crippen molar-refractivity contribution < 1.29 is 9.53 Å². The van der Waals surface area contributed by atoms with E-state index in [1.54, 1.807) is 6.92 Å². The van der Waals surface area contributed by atoms with Crippen molar-refractivity contribution in [3.63, 3.8) is 0 Å². The molecule has 4 heteroatoms. The number of nitrogens with zero attached hydrogens (tertiary/aromatic N) is 1. The Kier molecular flexibility index (Phi) is 11.4. The molecule has 14 heavy (non-hydrogen) atoms. The van der Waals surface area contributed by atoms with E-state index in [4.69, 9.17) is 10.5 Å². The molecule has 0 atom stereocenters. The van der Waals surface area contributed by atoms with Gasteiger partial charge in [-0.2, -0.15) is 0 Å². The lowest BCUT2D eigenvalue weighted by Gasteiger charge is -2.01. The fourth-order valence-electron chi connectivity index (χ4n) is 0.371. The maximum Gasteiger partial charge on any atom is 0.333 e. The molecule has 0 saturated carbocycles. The van der Waals surface area contributed by atoms with Crippen molar-refractivity contribution in [3.8, 4) is 0 Å². The number of carbonyl (C=O) groups excluding carboxylic acids is 1. The maximum atomic E-state index is 10.7. The third kappa shape index (κ3) is 17.3. The highest BCUT2D eigenvalue weighted by Gasteiger charge is 2.00. The van der Waals surface area contributed by atoms with Crippen LogP contribution in [0.2, 0.25) is 0 Å². The molecule has 0 spiro atoms. The van der Waals surface area contributed by atoms with Crippen LogP contribution in [-0.2, 0) is 9.53 Å². The Morgan fingerprint density at radius 2 is 1.86 bits per heavy atom. The molecule has 0 saturated heterocycles. The van der Waals surface area contributed by atoms with Crippen molar-refractivity contribution in [1.29, 1.82) is 0 Å². The summed E-state index contributed by atoms with van der Waals surface area (Å²) in [5, 5.41) is 0. The van der Waals surface area contributed by atoms with E-state index in [0.29, 0.717) is 25.1 Å². The predicted octanol–water partition coefficient (Wildman–Crippen LogP) is 0.632. The molecule has 2 N–H and O–H groups in total. The molecule has 0 aliphatic rings. The Labute approximate surface area is 86.7 Å². The van der Waals surface area contributed by atoms with Crippen LogP contribution in [0.3, 0.4) is 0 Å². The van der Waals surface area contributed by atoms with Crippen LogP contribution in [0.15, 0.2) is 12.2 Å². The van der Waals surface area contributed by atoms with E-state index in [2.05, 4.69) is 6.58 Å². The van der Waals surface area contributed by atoms with Gasteiger partial charge in [0, 0.05) is 5.57 Å². The molecule has 0 aromatic heterocycles. The molecular formula is C10H22N2O2. The summed E-state index contributed by atoms with van der Waals surface area (Å²) in [6, 6.07) is 0. The zero-order valence-corrected chi connectivity index (χ0v) is 9.67. The largest absolute Gasteiger partial charge is 0.462 e. The first-order chi connectivity index (χ1) is 6.41. The average Bonchev–Trinajstić information content (AvgIpc) is 2.03. The minimum Gasteiger partial charge on any atom is -0.462 e. The van der Waals surface area contributed by atoms with Gasteiger partial charge in [0.15, 0.2) is 0 Å². The number of hydrogen-bond acceptors (Lipinski definition) is 4. The van der Waals surface area contributed by atoms with Gasteiger partial charge in [-0.15, -0.1) is 0 Å². The Morgan fingerprint density at radius 3 is 2.14 bits per heavy atom. The number of nitrogens with two attached hydrogens (primary N) is 1. The van der Waals surface area contributed by atoms with Gasteiger partial charge >= 0.3 is 5.97 Å². The Bertz CT molecular complexity index is 165. The summed E-state index contributed by atoms with van der Waals surface area (Å²) in [6.07, 6.45) is 0.707. The Balaban J connectivity index is 0. The SMILES string of the molecule is C=C(C)C(=O)OCCCN.CN(C)C. The quantitative estimate of drug-likeness (QED) is 0.413. The Morgan fingerprint density at radius 1 is 1.43 bits per heavy atom. The molecule has 0 unspecified atom stereocenters. The molecular weight excluding hydrogens is 180 g/mol. The van der Waals surface area contributed by atoms with Crippen LogP contribution < -0.4 is 5.73 Å². The van der Waals surface area contributed by atoms with Crippen LogP contribution in [-0.4, -0.2) is 45.2 Å². The number of esters is 1. The van der Waals surface area contributed by atoms with Gasteiger partial charge in [-0.1, -0.05) is 6.58 Å². The van der Waals surface area contributed by atoms with E-state index in [0.717, 1.165) is 0 Å². The highest BCUT2D eigenvalue weighted by molar-refractivity contribution is 5.86. The van der Waals surface area contributed by atoms with E-state index < -0.39 is 0 Å². The first-order valence-corrected chi connectivity index (χ1v) is 4.55. The highest BCUT2D eigenvalue weighted by Crippen LogP contribution is 1.91. The maximum absolute atomic E-state index is 10.7. The molecule has 0 fully saturated rings. The summed E-state index contributed by atoms with van der Waals surface area (Å²) in [5.74, 6) is -0.339. The van der Waals surface area contributed by atoms with Gasteiger partial charge in [0.1, 0.15) is 0 Å². The van der Waals surface area contributed by atoms with Crippen molar-refractivity contribution in [2.75, 3.05) is 34.3 Å².